The third-order valence-corrected chi connectivity index (χ3v) is 3.47. The molecule has 122 valence electrons. The Balaban J connectivity index is 2.08. The summed E-state index contributed by atoms with van der Waals surface area (Å²) < 4.78 is 18.1. The van der Waals surface area contributed by atoms with Crippen molar-refractivity contribution in [3.63, 3.8) is 0 Å². The van der Waals surface area contributed by atoms with Crippen LogP contribution in [0.3, 0.4) is 0 Å². The quantitative estimate of drug-likeness (QED) is 0.564. The summed E-state index contributed by atoms with van der Waals surface area (Å²) >= 11 is 0. The van der Waals surface area contributed by atoms with Crippen LogP contribution in [0.5, 0.6) is 0 Å². The van der Waals surface area contributed by atoms with Gasteiger partial charge < -0.3 is 30.1 Å². The Morgan fingerprint density at radius 2 is 2.09 bits per heavy atom. The predicted molar refractivity (Wildman–Crippen MR) is 76.6 cm³/mol. The van der Waals surface area contributed by atoms with E-state index in [9.17, 15) is 20.1 Å². The van der Waals surface area contributed by atoms with E-state index in [1.54, 1.807) is 0 Å². The number of benzene rings is 1. The van der Waals surface area contributed by atoms with E-state index in [4.69, 9.17) is 10.8 Å². The average Bonchev–Trinajstić information content (AvgIpc) is 2.59. The van der Waals surface area contributed by atoms with E-state index < -0.39 is 50.1 Å². The molecule has 0 spiro atoms. The SMILES string of the molecule is [2H]CC(=O)N[C@H]1C(OCc2ccccc2)O[C@H](CO)[C@@H](O)[C@@H]1O. The van der Waals surface area contributed by atoms with Gasteiger partial charge in [-0.05, 0) is 5.56 Å². The highest BCUT2D eigenvalue weighted by molar-refractivity contribution is 5.73. The second-order valence-electron chi connectivity index (χ2n) is 5.10. The number of aliphatic hydroxyl groups excluding tert-OH is 3. The van der Waals surface area contributed by atoms with Crippen LogP contribution in [0.4, 0.5) is 0 Å². The van der Waals surface area contributed by atoms with Crippen LogP contribution in [0, 0.1) is 0 Å². The van der Waals surface area contributed by atoms with E-state index in [0.717, 1.165) is 5.56 Å². The molecule has 4 N–H and O–H groups in total. The zero-order valence-electron chi connectivity index (χ0n) is 13.0. The molecular formula is C15H21NO6. The molecule has 0 radical (unpaired) electrons. The fourth-order valence-electron chi connectivity index (χ4n) is 2.32. The number of hydrogen-bond acceptors (Lipinski definition) is 6. The molecular weight excluding hydrogens is 290 g/mol. The van der Waals surface area contributed by atoms with Gasteiger partial charge in [0.15, 0.2) is 6.29 Å². The van der Waals surface area contributed by atoms with Gasteiger partial charge in [0.2, 0.25) is 5.91 Å². The molecule has 1 heterocycles. The van der Waals surface area contributed by atoms with Crippen molar-refractivity contribution in [3.8, 4) is 0 Å². The fraction of sp³-hybridized carbons (Fsp3) is 0.533. The number of rotatable bonds is 5. The van der Waals surface area contributed by atoms with Crippen LogP contribution in [-0.2, 0) is 20.9 Å². The second kappa shape index (κ2) is 7.66. The molecule has 1 saturated heterocycles. The Morgan fingerprint density at radius 3 is 2.73 bits per heavy atom. The largest absolute Gasteiger partial charge is 0.394 e. The van der Waals surface area contributed by atoms with Crippen LogP contribution < -0.4 is 5.32 Å². The molecule has 1 unspecified atom stereocenters. The molecule has 1 fully saturated rings. The molecule has 0 saturated carbocycles. The van der Waals surface area contributed by atoms with Crippen molar-refractivity contribution in [2.75, 3.05) is 6.61 Å². The van der Waals surface area contributed by atoms with Gasteiger partial charge in [0.1, 0.15) is 24.4 Å². The van der Waals surface area contributed by atoms with Crippen molar-refractivity contribution in [1.82, 2.24) is 5.32 Å². The highest BCUT2D eigenvalue weighted by atomic mass is 16.7. The Hall–Kier alpha value is -1.51. The molecule has 0 aromatic heterocycles. The summed E-state index contributed by atoms with van der Waals surface area (Å²) in [6, 6.07) is 8.20. The summed E-state index contributed by atoms with van der Waals surface area (Å²) in [6.07, 6.45) is -4.82. The van der Waals surface area contributed by atoms with Gasteiger partial charge in [0.05, 0.1) is 13.2 Å². The molecule has 1 aromatic rings. The maximum atomic E-state index is 11.5. The van der Waals surface area contributed by atoms with Gasteiger partial charge in [0, 0.05) is 8.27 Å². The van der Waals surface area contributed by atoms with Crippen LogP contribution >= 0.6 is 0 Å². The Labute approximate surface area is 129 Å². The summed E-state index contributed by atoms with van der Waals surface area (Å²) in [4.78, 5) is 11.5. The molecule has 0 aliphatic carbocycles. The third-order valence-electron chi connectivity index (χ3n) is 3.47. The van der Waals surface area contributed by atoms with E-state index in [-0.39, 0.29) is 6.61 Å². The van der Waals surface area contributed by atoms with Crippen molar-refractivity contribution in [1.29, 1.82) is 0 Å². The maximum Gasteiger partial charge on any atom is 0.217 e. The van der Waals surface area contributed by atoms with Gasteiger partial charge in [-0.25, -0.2) is 0 Å². The van der Waals surface area contributed by atoms with Crippen molar-refractivity contribution in [3.05, 3.63) is 35.9 Å². The number of carbonyl (C=O) groups is 1. The van der Waals surface area contributed by atoms with Crippen LogP contribution in [-0.4, -0.2) is 58.5 Å². The molecule has 2 rings (SSSR count). The predicted octanol–water partition coefficient (Wildman–Crippen LogP) is -0.853. The lowest BCUT2D eigenvalue weighted by molar-refractivity contribution is -0.273. The monoisotopic (exact) mass is 312 g/mol. The van der Waals surface area contributed by atoms with Crippen molar-refractivity contribution >= 4 is 5.91 Å². The number of hydrogen-bond donors (Lipinski definition) is 4. The lowest BCUT2D eigenvalue weighted by Crippen LogP contribution is -2.64. The van der Waals surface area contributed by atoms with E-state index >= 15 is 0 Å². The smallest absolute Gasteiger partial charge is 0.217 e. The minimum Gasteiger partial charge on any atom is -0.394 e. The van der Waals surface area contributed by atoms with E-state index in [0.29, 0.717) is 0 Å². The molecule has 7 nitrogen and oxygen atoms in total. The molecule has 7 heteroatoms. The maximum absolute atomic E-state index is 11.5. The molecule has 1 aromatic carbocycles. The lowest BCUT2D eigenvalue weighted by Gasteiger charge is -2.42. The summed E-state index contributed by atoms with van der Waals surface area (Å²) in [5.41, 5.74) is 0.864. The van der Waals surface area contributed by atoms with Crippen LogP contribution in [0.1, 0.15) is 13.8 Å². The first-order chi connectivity index (χ1) is 11.1. The van der Waals surface area contributed by atoms with Gasteiger partial charge in [-0.2, -0.15) is 0 Å². The van der Waals surface area contributed by atoms with Crippen molar-refractivity contribution < 1.29 is 31.0 Å². The summed E-state index contributed by atoms with van der Waals surface area (Å²) in [6.45, 7) is -0.851. The molecule has 5 atom stereocenters. The zero-order chi connectivity index (χ0) is 16.8. The Bertz CT molecular complexity index is 502. The second-order valence-corrected chi connectivity index (χ2v) is 5.10. The Kier molecular flexibility index (Phi) is 5.36. The first kappa shape index (κ1) is 15.4. The lowest BCUT2D eigenvalue weighted by atomic mass is 9.97. The summed E-state index contributed by atoms with van der Waals surface area (Å²) in [5.74, 6) is -0.624. The van der Waals surface area contributed by atoms with E-state index in [1.165, 1.54) is 0 Å². The first-order valence-corrected chi connectivity index (χ1v) is 6.93. The average molecular weight is 312 g/mol. The van der Waals surface area contributed by atoms with Crippen LogP contribution in [0.15, 0.2) is 30.3 Å². The van der Waals surface area contributed by atoms with Gasteiger partial charge in [-0.1, -0.05) is 30.3 Å². The topological polar surface area (TPSA) is 108 Å². The first-order valence-electron chi connectivity index (χ1n) is 7.64. The number of amides is 1. The third kappa shape index (κ3) is 4.02. The van der Waals surface area contributed by atoms with Gasteiger partial charge in [-0.3, -0.25) is 4.79 Å². The summed E-state index contributed by atoms with van der Waals surface area (Å²) in [7, 11) is 0. The molecule has 0 bridgehead atoms. The van der Waals surface area contributed by atoms with Crippen LogP contribution in [0.2, 0.25) is 0 Å². The van der Waals surface area contributed by atoms with Crippen molar-refractivity contribution in [2.45, 2.75) is 44.2 Å². The Morgan fingerprint density at radius 1 is 1.36 bits per heavy atom. The highest BCUT2D eigenvalue weighted by Gasteiger charge is 2.45. The van der Waals surface area contributed by atoms with E-state index in [2.05, 4.69) is 5.32 Å². The minimum atomic E-state index is -1.38. The molecule has 1 amide bonds. The van der Waals surface area contributed by atoms with Gasteiger partial charge in [-0.15, -0.1) is 0 Å². The standard InChI is InChI=1S/C15H21NO6/c1-9(18)16-12-14(20)13(19)11(7-17)22-15(12)21-8-10-5-3-2-4-6-10/h2-6,11-15,17,19-20H,7-8H2,1H3,(H,16,18)/t11-,12-,13-,14-,15?/m1/s1/i1D. The minimum absolute atomic E-state index is 0.166. The number of carbonyl (C=O) groups excluding carboxylic acids is 1. The molecule has 1 aliphatic heterocycles. The summed E-state index contributed by atoms with van der Waals surface area (Å²) in [5, 5.41) is 31.7. The van der Waals surface area contributed by atoms with Gasteiger partial charge in [0.25, 0.3) is 0 Å². The number of aliphatic hydroxyl groups is 3. The van der Waals surface area contributed by atoms with Crippen LogP contribution in [0.25, 0.3) is 0 Å². The molecule has 1 aliphatic rings. The molecule has 22 heavy (non-hydrogen) atoms. The normalized spacial score (nSPS) is 32.3. The fourth-order valence-corrected chi connectivity index (χ4v) is 2.32. The van der Waals surface area contributed by atoms with Crippen molar-refractivity contribution in [2.24, 2.45) is 0 Å². The zero-order valence-corrected chi connectivity index (χ0v) is 12.0. The number of nitrogens with one attached hydrogen (secondary N) is 1. The van der Waals surface area contributed by atoms with Gasteiger partial charge >= 0.3 is 0 Å². The van der Waals surface area contributed by atoms with E-state index in [1.807, 2.05) is 30.3 Å². The highest BCUT2D eigenvalue weighted by Crippen LogP contribution is 2.23. The number of ether oxygens (including phenoxy) is 2.